The highest BCUT2D eigenvalue weighted by molar-refractivity contribution is 5.45. The Morgan fingerprint density at radius 3 is 2.55 bits per heavy atom. The minimum atomic E-state index is -0.462. The van der Waals surface area contributed by atoms with Crippen molar-refractivity contribution in [1.29, 1.82) is 0 Å². The lowest BCUT2D eigenvalue weighted by Gasteiger charge is -2.08. The van der Waals surface area contributed by atoms with Crippen LogP contribution in [0.2, 0.25) is 0 Å². The van der Waals surface area contributed by atoms with Gasteiger partial charge in [-0.3, -0.25) is 10.1 Å². The molecule has 5 heteroatoms. The summed E-state index contributed by atoms with van der Waals surface area (Å²) in [5, 5.41) is 10.8. The van der Waals surface area contributed by atoms with Gasteiger partial charge in [-0.15, -0.1) is 0 Å². The number of benzene rings is 2. The lowest BCUT2D eigenvalue weighted by Crippen LogP contribution is -2.09. The van der Waals surface area contributed by atoms with E-state index in [4.69, 9.17) is 9.47 Å². The molecule has 0 amide bonds. The minimum absolute atomic E-state index is 0.0388. The second-order valence-corrected chi connectivity index (χ2v) is 4.24. The number of nitrogens with zero attached hydrogens (tertiary/aromatic N) is 1. The Balaban J connectivity index is 1.86. The van der Waals surface area contributed by atoms with E-state index in [9.17, 15) is 10.1 Å². The number of hydrogen-bond donors (Lipinski definition) is 0. The first-order valence-electron chi connectivity index (χ1n) is 6.22. The Labute approximate surface area is 116 Å². The van der Waals surface area contributed by atoms with Crippen LogP contribution in [0, 0.1) is 17.0 Å². The molecule has 0 bridgehead atoms. The smallest absolute Gasteiger partial charge is 0.310 e. The van der Waals surface area contributed by atoms with E-state index >= 15 is 0 Å². The van der Waals surface area contributed by atoms with Gasteiger partial charge in [-0.25, -0.2) is 0 Å². The van der Waals surface area contributed by atoms with E-state index in [1.54, 1.807) is 18.2 Å². The van der Waals surface area contributed by atoms with E-state index in [2.05, 4.69) is 0 Å². The molecule has 0 N–H and O–H groups in total. The van der Waals surface area contributed by atoms with Gasteiger partial charge >= 0.3 is 5.69 Å². The first kappa shape index (κ1) is 13.9. The van der Waals surface area contributed by atoms with Gasteiger partial charge in [0, 0.05) is 6.07 Å². The maximum atomic E-state index is 10.8. The van der Waals surface area contributed by atoms with E-state index in [1.165, 1.54) is 6.07 Å². The van der Waals surface area contributed by atoms with Crippen LogP contribution in [-0.4, -0.2) is 18.1 Å². The van der Waals surface area contributed by atoms with Crippen molar-refractivity contribution in [3.8, 4) is 11.5 Å². The predicted molar refractivity (Wildman–Crippen MR) is 75.3 cm³/mol. The molecular formula is C15H15NO4. The van der Waals surface area contributed by atoms with Crippen LogP contribution in [-0.2, 0) is 0 Å². The lowest BCUT2D eigenvalue weighted by molar-refractivity contribution is -0.385. The Kier molecular flexibility index (Phi) is 4.55. The van der Waals surface area contributed by atoms with E-state index in [0.29, 0.717) is 6.61 Å². The molecule has 5 nitrogen and oxygen atoms in total. The number of ether oxygens (including phenoxy) is 2. The summed E-state index contributed by atoms with van der Waals surface area (Å²) >= 11 is 0. The number of nitro groups is 1. The molecule has 0 saturated carbocycles. The van der Waals surface area contributed by atoms with Gasteiger partial charge < -0.3 is 9.47 Å². The Hall–Kier alpha value is -2.56. The molecule has 2 rings (SSSR count). The molecule has 104 valence electrons. The van der Waals surface area contributed by atoms with Crippen LogP contribution in [0.5, 0.6) is 11.5 Å². The van der Waals surface area contributed by atoms with Crippen LogP contribution in [0.4, 0.5) is 5.69 Å². The summed E-state index contributed by atoms with van der Waals surface area (Å²) in [6.45, 7) is 2.56. The second kappa shape index (κ2) is 6.56. The molecule has 0 spiro atoms. The molecule has 0 fully saturated rings. The molecule has 0 atom stereocenters. The molecule has 0 radical (unpaired) electrons. The largest absolute Gasteiger partial charge is 0.490 e. The Morgan fingerprint density at radius 2 is 1.80 bits per heavy atom. The van der Waals surface area contributed by atoms with Gasteiger partial charge in [0.25, 0.3) is 0 Å². The second-order valence-electron chi connectivity index (χ2n) is 4.24. The fraction of sp³-hybridized carbons (Fsp3) is 0.200. The summed E-state index contributed by atoms with van der Waals surface area (Å²) < 4.78 is 10.9. The zero-order valence-electron chi connectivity index (χ0n) is 11.1. The molecule has 0 unspecified atom stereocenters. The SMILES string of the molecule is Cc1cccc(OCCOc2ccccc2[N+](=O)[O-])c1. The first-order valence-corrected chi connectivity index (χ1v) is 6.22. The number of nitro benzene ring substituents is 1. The van der Waals surface area contributed by atoms with Crippen LogP contribution in [0.1, 0.15) is 5.56 Å². The fourth-order valence-electron chi connectivity index (χ4n) is 1.75. The zero-order valence-corrected chi connectivity index (χ0v) is 11.1. The summed E-state index contributed by atoms with van der Waals surface area (Å²) in [6.07, 6.45) is 0. The number of rotatable bonds is 6. The highest BCUT2D eigenvalue weighted by Gasteiger charge is 2.13. The van der Waals surface area contributed by atoms with E-state index in [0.717, 1.165) is 11.3 Å². The molecule has 20 heavy (non-hydrogen) atoms. The van der Waals surface area contributed by atoms with Gasteiger partial charge in [0.1, 0.15) is 19.0 Å². The summed E-state index contributed by atoms with van der Waals surface area (Å²) in [4.78, 5) is 10.3. The minimum Gasteiger partial charge on any atom is -0.490 e. The third-order valence-corrected chi connectivity index (χ3v) is 2.66. The Bertz CT molecular complexity index is 598. The summed E-state index contributed by atoms with van der Waals surface area (Å²) in [5.74, 6) is 1.02. The maximum Gasteiger partial charge on any atom is 0.310 e. The number of para-hydroxylation sites is 2. The molecule has 2 aromatic rings. The van der Waals surface area contributed by atoms with Gasteiger partial charge in [0.05, 0.1) is 4.92 Å². The van der Waals surface area contributed by atoms with Gasteiger partial charge in [-0.05, 0) is 30.7 Å². The van der Waals surface area contributed by atoms with Crippen molar-refractivity contribution in [3.63, 3.8) is 0 Å². The van der Waals surface area contributed by atoms with Crippen LogP contribution < -0.4 is 9.47 Å². The molecule has 0 aliphatic carbocycles. The lowest BCUT2D eigenvalue weighted by atomic mass is 10.2. The van der Waals surface area contributed by atoms with Crippen molar-refractivity contribution in [2.45, 2.75) is 6.92 Å². The van der Waals surface area contributed by atoms with Crippen molar-refractivity contribution in [2.75, 3.05) is 13.2 Å². The van der Waals surface area contributed by atoms with Crippen LogP contribution in [0.15, 0.2) is 48.5 Å². The summed E-state index contributed by atoms with van der Waals surface area (Å²) in [6, 6.07) is 14.0. The molecule has 0 saturated heterocycles. The maximum absolute atomic E-state index is 10.8. The highest BCUT2D eigenvalue weighted by atomic mass is 16.6. The molecule has 0 aromatic heterocycles. The average Bonchev–Trinajstić information content (AvgIpc) is 2.44. The standard InChI is InChI=1S/C15H15NO4/c1-12-5-4-6-13(11-12)19-9-10-20-15-8-3-2-7-14(15)16(17)18/h2-8,11H,9-10H2,1H3. The molecular weight excluding hydrogens is 258 g/mol. The van der Waals surface area contributed by atoms with Crippen LogP contribution in [0.3, 0.4) is 0 Å². The van der Waals surface area contributed by atoms with Crippen molar-refractivity contribution in [2.24, 2.45) is 0 Å². The number of hydrogen-bond acceptors (Lipinski definition) is 4. The Morgan fingerprint density at radius 1 is 1.05 bits per heavy atom. The van der Waals surface area contributed by atoms with Gasteiger partial charge in [0.2, 0.25) is 0 Å². The van der Waals surface area contributed by atoms with Crippen molar-refractivity contribution < 1.29 is 14.4 Å². The van der Waals surface area contributed by atoms with E-state index in [-0.39, 0.29) is 18.0 Å². The number of aryl methyl sites for hydroxylation is 1. The van der Waals surface area contributed by atoms with Gasteiger partial charge in [-0.2, -0.15) is 0 Å². The van der Waals surface area contributed by atoms with Gasteiger partial charge in [-0.1, -0.05) is 24.3 Å². The molecule has 2 aromatic carbocycles. The van der Waals surface area contributed by atoms with E-state index in [1.807, 2.05) is 31.2 Å². The third kappa shape index (κ3) is 3.71. The first-order chi connectivity index (χ1) is 9.66. The monoisotopic (exact) mass is 273 g/mol. The van der Waals surface area contributed by atoms with Crippen LogP contribution in [0.25, 0.3) is 0 Å². The van der Waals surface area contributed by atoms with E-state index < -0.39 is 4.92 Å². The van der Waals surface area contributed by atoms with Gasteiger partial charge in [0.15, 0.2) is 5.75 Å². The fourth-order valence-corrected chi connectivity index (χ4v) is 1.75. The van der Waals surface area contributed by atoms with Crippen molar-refractivity contribution in [3.05, 3.63) is 64.2 Å². The zero-order chi connectivity index (χ0) is 14.4. The normalized spacial score (nSPS) is 10.1. The third-order valence-electron chi connectivity index (χ3n) is 2.66. The quantitative estimate of drug-likeness (QED) is 0.460. The molecule has 0 heterocycles. The topological polar surface area (TPSA) is 61.6 Å². The summed E-state index contributed by atoms with van der Waals surface area (Å²) in [7, 11) is 0. The molecule has 0 aliphatic rings. The summed E-state index contributed by atoms with van der Waals surface area (Å²) in [5.41, 5.74) is 1.07. The highest BCUT2D eigenvalue weighted by Crippen LogP contribution is 2.25. The predicted octanol–water partition coefficient (Wildman–Crippen LogP) is 3.36. The molecule has 0 aliphatic heterocycles. The average molecular weight is 273 g/mol. The van der Waals surface area contributed by atoms with Crippen LogP contribution >= 0.6 is 0 Å². The van der Waals surface area contributed by atoms with Crippen molar-refractivity contribution in [1.82, 2.24) is 0 Å². The van der Waals surface area contributed by atoms with Crippen molar-refractivity contribution >= 4 is 5.69 Å².